The number of nitrogens with one attached hydrogen (secondary N) is 1. The molecule has 1 unspecified atom stereocenters. The molecule has 0 bridgehead atoms. The first-order valence-corrected chi connectivity index (χ1v) is 7.14. The number of benzene rings is 1. The highest BCUT2D eigenvalue weighted by atomic mass is 32.1. The molecule has 20 heavy (non-hydrogen) atoms. The van der Waals surface area contributed by atoms with E-state index in [1.165, 1.54) is 6.07 Å². The zero-order valence-corrected chi connectivity index (χ0v) is 12.3. The van der Waals surface area contributed by atoms with E-state index in [9.17, 15) is 4.39 Å². The topological polar surface area (TPSA) is 36.9 Å². The zero-order valence-electron chi connectivity index (χ0n) is 11.5. The lowest BCUT2D eigenvalue weighted by atomic mass is 10.1. The van der Waals surface area contributed by atoms with Gasteiger partial charge in [0.25, 0.3) is 0 Å². The molecular formula is C14H17FN4S. The van der Waals surface area contributed by atoms with Gasteiger partial charge in [-0.1, -0.05) is 18.2 Å². The second kappa shape index (κ2) is 5.01. The van der Waals surface area contributed by atoms with Crippen molar-refractivity contribution in [2.45, 2.75) is 31.8 Å². The van der Waals surface area contributed by atoms with Crippen LogP contribution in [-0.2, 0) is 0 Å². The highest BCUT2D eigenvalue weighted by molar-refractivity contribution is 7.71. The van der Waals surface area contributed by atoms with Crippen LogP contribution in [0.15, 0.2) is 24.3 Å². The van der Waals surface area contributed by atoms with Gasteiger partial charge in [0.1, 0.15) is 5.82 Å². The van der Waals surface area contributed by atoms with Crippen LogP contribution in [0.5, 0.6) is 0 Å². The van der Waals surface area contributed by atoms with E-state index in [2.05, 4.69) is 10.2 Å². The smallest absolute Gasteiger partial charge is 0.226 e. The number of H-pyrrole nitrogens is 1. The molecule has 0 spiro atoms. The minimum Gasteiger partial charge on any atom is -0.337 e. The van der Waals surface area contributed by atoms with Gasteiger partial charge in [0.2, 0.25) is 5.95 Å². The molecular weight excluding hydrogens is 275 g/mol. The van der Waals surface area contributed by atoms with Crippen molar-refractivity contribution < 1.29 is 4.39 Å². The minimum atomic E-state index is -0.195. The summed E-state index contributed by atoms with van der Waals surface area (Å²) in [4.78, 5) is 1.96. The monoisotopic (exact) mass is 292 g/mol. The van der Waals surface area contributed by atoms with Crippen molar-refractivity contribution in [1.82, 2.24) is 14.8 Å². The number of hydrogen-bond donors (Lipinski definition) is 1. The highest BCUT2D eigenvalue weighted by Gasteiger charge is 2.30. The molecule has 2 aromatic rings. The molecule has 0 amide bonds. The molecule has 0 radical (unpaired) electrons. The van der Waals surface area contributed by atoms with Gasteiger partial charge in [-0.05, 0) is 38.0 Å². The third kappa shape index (κ3) is 2.24. The minimum absolute atomic E-state index is 0.112. The molecule has 1 saturated carbocycles. The third-order valence-corrected chi connectivity index (χ3v) is 4.14. The van der Waals surface area contributed by atoms with E-state index in [1.54, 1.807) is 12.1 Å². The molecule has 0 aliphatic heterocycles. The van der Waals surface area contributed by atoms with Crippen LogP contribution in [0, 0.1) is 10.6 Å². The summed E-state index contributed by atoms with van der Waals surface area (Å²) in [7, 11) is 1.92. The lowest BCUT2D eigenvalue weighted by molar-refractivity contribution is 0.576. The van der Waals surface area contributed by atoms with E-state index < -0.39 is 0 Å². The summed E-state index contributed by atoms with van der Waals surface area (Å²) in [6.45, 7) is 1.97. The van der Waals surface area contributed by atoms with E-state index in [0.717, 1.165) is 18.8 Å². The summed E-state index contributed by atoms with van der Waals surface area (Å²) in [6, 6.07) is 7.16. The van der Waals surface area contributed by atoms with Crippen molar-refractivity contribution in [3.05, 3.63) is 40.4 Å². The fraction of sp³-hybridized carbons (Fsp3) is 0.429. The predicted molar refractivity (Wildman–Crippen MR) is 78.9 cm³/mol. The first-order chi connectivity index (χ1) is 9.59. The molecule has 1 aromatic heterocycles. The molecule has 1 aliphatic carbocycles. The van der Waals surface area contributed by atoms with Crippen molar-refractivity contribution in [3.8, 4) is 0 Å². The lowest BCUT2D eigenvalue weighted by Crippen LogP contribution is -2.25. The Labute approximate surface area is 122 Å². The van der Waals surface area contributed by atoms with Crippen molar-refractivity contribution in [3.63, 3.8) is 0 Å². The van der Waals surface area contributed by atoms with Crippen LogP contribution >= 0.6 is 12.2 Å². The number of aromatic amines is 1. The summed E-state index contributed by atoms with van der Waals surface area (Å²) >= 11 is 5.28. The summed E-state index contributed by atoms with van der Waals surface area (Å²) in [5.74, 6) is 0.576. The first kappa shape index (κ1) is 13.3. The maximum atomic E-state index is 13.9. The van der Waals surface area contributed by atoms with Gasteiger partial charge in [-0.2, -0.15) is 0 Å². The van der Waals surface area contributed by atoms with E-state index in [1.807, 2.05) is 29.5 Å². The second-order valence-corrected chi connectivity index (χ2v) is 5.63. The Kier molecular flexibility index (Phi) is 3.33. The van der Waals surface area contributed by atoms with Crippen molar-refractivity contribution in [2.24, 2.45) is 0 Å². The Hall–Kier alpha value is -1.69. The predicted octanol–water partition coefficient (Wildman–Crippen LogP) is 3.61. The molecule has 1 aliphatic rings. The van der Waals surface area contributed by atoms with Crippen LogP contribution in [-0.4, -0.2) is 21.8 Å². The van der Waals surface area contributed by atoms with Gasteiger partial charge in [0.15, 0.2) is 4.77 Å². The average molecular weight is 292 g/mol. The number of nitrogens with zero attached hydrogens (tertiary/aromatic N) is 3. The zero-order chi connectivity index (χ0) is 14.3. The number of anilines is 1. The molecule has 1 N–H and O–H groups in total. The van der Waals surface area contributed by atoms with Crippen LogP contribution in [0.1, 0.15) is 37.4 Å². The number of hydrogen-bond acceptors (Lipinski definition) is 3. The van der Waals surface area contributed by atoms with Crippen molar-refractivity contribution >= 4 is 18.2 Å². The molecule has 1 atom stereocenters. The number of aromatic nitrogens is 3. The average Bonchev–Trinajstić information content (AvgIpc) is 3.20. The maximum Gasteiger partial charge on any atom is 0.226 e. The Morgan fingerprint density at radius 2 is 2.15 bits per heavy atom. The van der Waals surface area contributed by atoms with Crippen LogP contribution in [0.2, 0.25) is 0 Å². The summed E-state index contributed by atoms with van der Waals surface area (Å²) in [6.07, 6.45) is 2.26. The van der Waals surface area contributed by atoms with Crippen LogP contribution < -0.4 is 4.90 Å². The fourth-order valence-electron chi connectivity index (χ4n) is 2.40. The Morgan fingerprint density at radius 3 is 2.80 bits per heavy atom. The summed E-state index contributed by atoms with van der Waals surface area (Å²) < 4.78 is 16.6. The largest absolute Gasteiger partial charge is 0.337 e. The number of rotatable bonds is 4. The molecule has 1 aromatic carbocycles. The van der Waals surface area contributed by atoms with Gasteiger partial charge < -0.3 is 4.90 Å². The van der Waals surface area contributed by atoms with Gasteiger partial charge in [-0.25, -0.2) is 9.49 Å². The fourth-order valence-corrected chi connectivity index (χ4v) is 2.68. The van der Waals surface area contributed by atoms with Crippen LogP contribution in [0.4, 0.5) is 10.3 Å². The van der Waals surface area contributed by atoms with E-state index in [-0.39, 0.29) is 11.9 Å². The van der Waals surface area contributed by atoms with Gasteiger partial charge in [-0.15, -0.1) is 5.10 Å². The molecule has 3 rings (SSSR count). The SMILES string of the molecule is CC(c1ccccc1F)N(C)c1n[nH]c(=S)n1C1CC1. The van der Waals surface area contributed by atoms with Crippen molar-refractivity contribution in [2.75, 3.05) is 11.9 Å². The summed E-state index contributed by atoms with van der Waals surface area (Å²) in [5.41, 5.74) is 0.659. The Bertz CT molecular complexity index is 674. The van der Waals surface area contributed by atoms with Crippen molar-refractivity contribution in [1.29, 1.82) is 0 Å². The Morgan fingerprint density at radius 1 is 1.45 bits per heavy atom. The third-order valence-electron chi connectivity index (χ3n) is 3.85. The van der Waals surface area contributed by atoms with Crippen LogP contribution in [0.3, 0.4) is 0 Å². The molecule has 1 heterocycles. The molecule has 0 saturated heterocycles. The van der Waals surface area contributed by atoms with Gasteiger partial charge in [0, 0.05) is 18.7 Å². The van der Waals surface area contributed by atoms with E-state index in [0.29, 0.717) is 16.4 Å². The lowest BCUT2D eigenvalue weighted by Gasteiger charge is -2.26. The number of halogens is 1. The van der Waals surface area contributed by atoms with E-state index >= 15 is 0 Å². The molecule has 1 fully saturated rings. The summed E-state index contributed by atoms with van der Waals surface area (Å²) in [5, 5.41) is 7.14. The molecule has 6 heteroatoms. The maximum absolute atomic E-state index is 13.9. The molecule has 4 nitrogen and oxygen atoms in total. The van der Waals surface area contributed by atoms with Gasteiger partial charge in [-0.3, -0.25) is 4.57 Å². The highest BCUT2D eigenvalue weighted by Crippen LogP contribution is 2.38. The van der Waals surface area contributed by atoms with Gasteiger partial charge >= 0.3 is 0 Å². The Balaban J connectivity index is 1.95. The first-order valence-electron chi connectivity index (χ1n) is 6.73. The van der Waals surface area contributed by atoms with E-state index in [4.69, 9.17) is 12.2 Å². The van der Waals surface area contributed by atoms with Crippen LogP contribution in [0.25, 0.3) is 0 Å². The molecule has 106 valence electrons. The van der Waals surface area contributed by atoms with Gasteiger partial charge in [0.05, 0.1) is 6.04 Å². The standard InChI is InChI=1S/C14H17FN4S/c1-9(11-5-3-4-6-12(11)15)18(2)13-16-17-14(20)19(13)10-7-8-10/h3-6,9-10H,7-8H2,1-2H3,(H,17,20). The quantitative estimate of drug-likeness (QED) is 0.875. The second-order valence-electron chi connectivity index (χ2n) is 5.24. The normalized spacial score (nSPS) is 16.1.